The lowest BCUT2D eigenvalue weighted by Crippen LogP contribution is -2.31. The molecule has 3 aromatic rings. The van der Waals surface area contributed by atoms with Crippen LogP contribution in [-0.2, 0) is 26.2 Å². The zero-order valence-corrected chi connectivity index (χ0v) is 18.0. The largest absolute Gasteiger partial charge is 0.457 e. The lowest BCUT2D eigenvalue weighted by atomic mass is 10.3. The zero-order chi connectivity index (χ0) is 23.5. The average molecular weight is 486 g/mol. The van der Waals surface area contributed by atoms with E-state index < -0.39 is 51.2 Å². The zero-order valence-electron chi connectivity index (χ0n) is 16.4. The molecule has 0 amide bonds. The molecule has 1 heterocycles. The molecule has 0 aliphatic heterocycles. The highest BCUT2D eigenvalue weighted by atomic mass is 32.2. The van der Waals surface area contributed by atoms with Gasteiger partial charge in [-0.3, -0.25) is 19.5 Å². The summed E-state index contributed by atoms with van der Waals surface area (Å²) in [7, 11) is -4.27. The predicted octanol–water partition coefficient (Wildman–Crippen LogP) is 3.08. The quantitative estimate of drug-likeness (QED) is 0.211. The van der Waals surface area contributed by atoms with Crippen molar-refractivity contribution in [1.29, 1.82) is 0 Å². The number of benzene rings is 2. The van der Waals surface area contributed by atoms with Crippen LogP contribution in [-0.4, -0.2) is 41.7 Å². The Morgan fingerprint density at radius 2 is 2.03 bits per heavy atom. The number of carbonyl (C=O) groups is 1. The van der Waals surface area contributed by atoms with E-state index in [9.17, 15) is 32.1 Å². The molecule has 0 saturated heterocycles. The van der Waals surface area contributed by atoms with Crippen molar-refractivity contribution < 1.29 is 31.7 Å². The molecule has 0 fully saturated rings. The summed E-state index contributed by atoms with van der Waals surface area (Å²) in [5.74, 6) is -1.25. The number of fused-ring (bicyclic) bond motifs is 1. The third kappa shape index (κ3) is 5.03. The Bertz CT molecular complexity index is 1280. The number of nitrogens with zero attached hydrogens (tertiary/aromatic N) is 3. The van der Waals surface area contributed by atoms with Gasteiger partial charge in [-0.2, -0.15) is 13.5 Å². The van der Waals surface area contributed by atoms with Crippen molar-refractivity contribution in [2.75, 3.05) is 12.8 Å². The highest BCUT2D eigenvalue weighted by Crippen LogP contribution is 2.29. The fourth-order valence-electron chi connectivity index (χ4n) is 2.83. The number of nitrogens with one attached hydrogen (secondary N) is 1. The molecule has 0 atom stereocenters. The van der Waals surface area contributed by atoms with Crippen LogP contribution < -0.4 is 4.72 Å². The standard InChI is InChI=1S/C18H16F2N4O6S2/c1-31-15-7-6-11(8-14(15)24(26)27)32(28,29)21-9-17(25)30-10-16-22-12-4-2-3-5-13(12)23(16)18(19)20/h2-8,18,21H,9-10H2,1H3. The number of esters is 1. The minimum atomic E-state index is -4.27. The van der Waals surface area contributed by atoms with E-state index in [-0.39, 0.29) is 21.8 Å². The Morgan fingerprint density at radius 1 is 1.31 bits per heavy atom. The van der Waals surface area contributed by atoms with E-state index in [0.717, 1.165) is 23.9 Å². The van der Waals surface area contributed by atoms with Crippen molar-refractivity contribution >= 4 is 44.5 Å². The number of carbonyl (C=O) groups excluding carboxylic acids is 1. The second-order valence-electron chi connectivity index (χ2n) is 6.24. The molecule has 0 saturated carbocycles. The molecule has 2 aromatic carbocycles. The number of halogens is 2. The van der Waals surface area contributed by atoms with E-state index >= 15 is 0 Å². The molecule has 0 aliphatic carbocycles. The molecule has 0 bridgehead atoms. The Balaban J connectivity index is 1.68. The van der Waals surface area contributed by atoms with Crippen LogP contribution in [0, 0.1) is 10.1 Å². The monoisotopic (exact) mass is 486 g/mol. The fraction of sp³-hybridized carbons (Fsp3) is 0.222. The van der Waals surface area contributed by atoms with Crippen LogP contribution in [0.2, 0.25) is 0 Å². The van der Waals surface area contributed by atoms with Crippen LogP contribution in [0.3, 0.4) is 0 Å². The Labute approximate surface area is 184 Å². The number of nitro benzene ring substituents is 1. The number of sulfonamides is 1. The van der Waals surface area contributed by atoms with Crippen LogP contribution in [0.5, 0.6) is 0 Å². The average Bonchev–Trinajstić information content (AvgIpc) is 3.14. The van der Waals surface area contributed by atoms with Gasteiger partial charge < -0.3 is 4.74 Å². The minimum Gasteiger partial charge on any atom is -0.457 e. The second-order valence-corrected chi connectivity index (χ2v) is 8.86. The maximum absolute atomic E-state index is 13.4. The number of ether oxygens (including phenoxy) is 1. The smallest absolute Gasteiger partial charge is 0.321 e. The molecule has 0 radical (unpaired) electrons. The van der Waals surface area contributed by atoms with Crippen LogP contribution in [0.25, 0.3) is 11.0 Å². The van der Waals surface area contributed by atoms with Crippen molar-refractivity contribution in [3.63, 3.8) is 0 Å². The van der Waals surface area contributed by atoms with Crippen LogP contribution in [0.4, 0.5) is 14.5 Å². The topological polar surface area (TPSA) is 133 Å². The van der Waals surface area contributed by atoms with Gasteiger partial charge in [0.1, 0.15) is 13.2 Å². The van der Waals surface area contributed by atoms with Crippen molar-refractivity contribution in [3.8, 4) is 0 Å². The lowest BCUT2D eigenvalue weighted by molar-refractivity contribution is -0.387. The highest BCUT2D eigenvalue weighted by Gasteiger charge is 2.23. The number of imidazole rings is 1. The van der Waals surface area contributed by atoms with Gasteiger partial charge in [0.05, 0.1) is 25.7 Å². The van der Waals surface area contributed by atoms with Crippen LogP contribution in [0.1, 0.15) is 12.4 Å². The summed E-state index contributed by atoms with van der Waals surface area (Å²) in [6.07, 6.45) is 1.60. The van der Waals surface area contributed by atoms with Gasteiger partial charge in [-0.05, 0) is 30.5 Å². The molecule has 0 unspecified atom stereocenters. The molecule has 0 spiro atoms. The molecule has 3 rings (SSSR count). The first-order valence-electron chi connectivity index (χ1n) is 8.85. The van der Waals surface area contributed by atoms with E-state index in [1.165, 1.54) is 18.2 Å². The van der Waals surface area contributed by atoms with E-state index in [1.807, 2.05) is 4.72 Å². The first kappa shape index (κ1) is 23.6. The summed E-state index contributed by atoms with van der Waals surface area (Å²) >= 11 is 1.08. The number of alkyl halides is 2. The molecular weight excluding hydrogens is 470 g/mol. The van der Waals surface area contributed by atoms with Crippen molar-refractivity contribution in [2.45, 2.75) is 22.9 Å². The Kier molecular flexibility index (Phi) is 7.06. The Hall–Kier alpha value is -3.10. The number of aromatic nitrogens is 2. The molecule has 0 aliphatic rings. The Morgan fingerprint density at radius 3 is 2.69 bits per heavy atom. The summed E-state index contributed by atoms with van der Waals surface area (Å²) in [5, 5.41) is 11.1. The van der Waals surface area contributed by atoms with Gasteiger partial charge in [-0.15, -0.1) is 11.8 Å². The molecule has 1 N–H and O–H groups in total. The van der Waals surface area contributed by atoms with E-state index in [1.54, 1.807) is 18.4 Å². The number of nitro groups is 1. The molecular formula is C18H16F2N4O6S2. The van der Waals surface area contributed by atoms with Gasteiger partial charge in [0.25, 0.3) is 5.69 Å². The van der Waals surface area contributed by atoms with Crippen molar-refractivity contribution in [2.24, 2.45) is 0 Å². The maximum Gasteiger partial charge on any atom is 0.321 e. The number of thioether (sulfide) groups is 1. The second kappa shape index (κ2) is 9.58. The van der Waals surface area contributed by atoms with Gasteiger partial charge in [-0.25, -0.2) is 13.4 Å². The van der Waals surface area contributed by atoms with E-state index in [0.29, 0.717) is 4.57 Å². The first-order chi connectivity index (χ1) is 15.1. The van der Waals surface area contributed by atoms with Crippen LogP contribution >= 0.6 is 11.8 Å². The van der Waals surface area contributed by atoms with Crippen molar-refractivity contribution in [1.82, 2.24) is 14.3 Å². The van der Waals surface area contributed by atoms with Gasteiger partial charge in [0, 0.05) is 6.07 Å². The van der Waals surface area contributed by atoms with Gasteiger partial charge >= 0.3 is 12.5 Å². The van der Waals surface area contributed by atoms with Gasteiger partial charge in [-0.1, -0.05) is 12.1 Å². The normalized spacial score (nSPS) is 11.8. The predicted molar refractivity (Wildman–Crippen MR) is 111 cm³/mol. The third-order valence-corrected chi connectivity index (χ3v) is 6.47. The molecule has 32 heavy (non-hydrogen) atoms. The minimum absolute atomic E-state index is 0.157. The summed E-state index contributed by atoms with van der Waals surface area (Å²) in [6, 6.07) is 9.46. The molecule has 14 heteroatoms. The first-order valence-corrected chi connectivity index (χ1v) is 11.6. The number of hydrogen-bond acceptors (Lipinski definition) is 8. The highest BCUT2D eigenvalue weighted by molar-refractivity contribution is 7.98. The summed E-state index contributed by atoms with van der Waals surface area (Å²) < 4.78 is 59.0. The van der Waals surface area contributed by atoms with Gasteiger partial charge in [0.2, 0.25) is 10.0 Å². The SMILES string of the molecule is CSc1ccc(S(=O)(=O)NCC(=O)OCc2nc3ccccc3n2C(F)F)cc1[N+](=O)[O-]. The van der Waals surface area contributed by atoms with Crippen LogP contribution in [0.15, 0.2) is 52.3 Å². The molecule has 10 nitrogen and oxygen atoms in total. The number of hydrogen-bond donors (Lipinski definition) is 1. The van der Waals surface area contributed by atoms with E-state index in [4.69, 9.17) is 4.74 Å². The third-order valence-electron chi connectivity index (χ3n) is 4.29. The number of para-hydroxylation sites is 2. The summed E-state index contributed by atoms with van der Waals surface area (Å²) in [6.45, 7) is -4.34. The maximum atomic E-state index is 13.4. The van der Waals surface area contributed by atoms with E-state index in [2.05, 4.69) is 4.98 Å². The summed E-state index contributed by atoms with van der Waals surface area (Å²) in [4.78, 5) is 26.3. The lowest BCUT2D eigenvalue weighted by Gasteiger charge is -2.10. The summed E-state index contributed by atoms with van der Waals surface area (Å²) in [5.41, 5.74) is 0.0493. The van der Waals surface area contributed by atoms with Crippen molar-refractivity contribution in [3.05, 3.63) is 58.4 Å². The van der Waals surface area contributed by atoms with Gasteiger partial charge in [0.15, 0.2) is 5.82 Å². The number of rotatable bonds is 9. The fourth-order valence-corrected chi connectivity index (χ4v) is 4.36. The molecule has 170 valence electrons. The molecule has 1 aromatic heterocycles.